The van der Waals surface area contributed by atoms with E-state index < -0.39 is 5.60 Å². The van der Waals surface area contributed by atoms with E-state index in [1.54, 1.807) is 0 Å². The van der Waals surface area contributed by atoms with E-state index in [0.717, 1.165) is 19.6 Å². The Morgan fingerprint density at radius 1 is 0.914 bits per heavy atom. The Hall–Kier alpha value is -2.95. The van der Waals surface area contributed by atoms with Crippen molar-refractivity contribution in [2.45, 2.75) is 52.3 Å². The van der Waals surface area contributed by atoms with Crippen LogP contribution in [-0.2, 0) is 9.53 Å². The molecule has 4 rings (SSSR count). The van der Waals surface area contributed by atoms with E-state index in [1.165, 1.54) is 27.8 Å². The average Bonchev–Trinajstić information content (AvgIpc) is 2.81. The van der Waals surface area contributed by atoms with Crippen LogP contribution in [0.2, 0.25) is 0 Å². The third-order valence-corrected chi connectivity index (χ3v) is 6.71. The summed E-state index contributed by atoms with van der Waals surface area (Å²) in [7, 11) is 0. The van der Waals surface area contributed by atoms with Crippen molar-refractivity contribution in [3.8, 4) is 11.1 Å². The number of hydrogen-bond donors (Lipinski definition) is 0. The highest BCUT2D eigenvalue weighted by molar-refractivity contribution is 5.72. The van der Waals surface area contributed by atoms with Crippen LogP contribution < -0.4 is 0 Å². The number of aryl methyl sites for hydroxylation is 1. The van der Waals surface area contributed by atoms with Gasteiger partial charge in [-0.3, -0.25) is 14.6 Å². The normalized spacial score (nSPS) is 18.3. The van der Waals surface area contributed by atoms with Crippen LogP contribution in [0.25, 0.3) is 11.1 Å². The Kier molecular flexibility index (Phi) is 7.73. The number of nitrogens with zero attached hydrogens (tertiary/aromatic N) is 2. The number of rotatable bonds is 6. The van der Waals surface area contributed by atoms with Gasteiger partial charge in [0, 0.05) is 25.7 Å². The molecule has 0 aliphatic carbocycles. The summed E-state index contributed by atoms with van der Waals surface area (Å²) in [4.78, 5) is 17.2. The predicted molar refractivity (Wildman–Crippen MR) is 143 cm³/mol. The van der Waals surface area contributed by atoms with Gasteiger partial charge in [-0.05, 0) is 62.4 Å². The van der Waals surface area contributed by atoms with E-state index in [1.807, 2.05) is 20.8 Å². The zero-order chi connectivity index (χ0) is 25.0. The molecule has 184 valence electrons. The molecule has 1 saturated heterocycles. The maximum absolute atomic E-state index is 12.4. The average molecular weight is 471 g/mol. The van der Waals surface area contributed by atoms with E-state index in [-0.39, 0.29) is 18.1 Å². The summed E-state index contributed by atoms with van der Waals surface area (Å²) in [5.41, 5.74) is 5.94. The minimum absolute atomic E-state index is 0.149. The molecule has 4 nitrogen and oxygen atoms in total. The van der Waals surface area contributed by atoms with Gasteiger partial charge in [-0.15, -0.1) is 0 Å². The van der Waals surface area contributed by atoms with Gasteiger partial charge in [0.25, 0.3) is 0 Å². The summed E-state index contributed by atoms with van der Waals surface area (Å²) in [6.07, 6.45) is 0. The number of carbonyl (C=O) groups is 1. The fourth-order valence-electron chi connectivity index (χ4n) is 5.02. The Morgan fingerprint density at radius 3 is 2.17 bits per heavy atom. The first-order valence-electron chi connectivity index (χ1n) is 12.6. The molecule has 3 aromatic rings. The van der Waals surface area contributed by atoms with Crippen LogP contribution in [-0.4, -0.2) is 53.6 Å². The maximum atomic E-state index is 12.4. The molecule has 1 aliphatic heterocycles. The summed E-state index contributed by atoms with van der Waals surface area (Å²) in [6.45, 7) is 13.1. The largest absolute Gasteiger partial charge is 0.459 e. The van der Waals surface area contributed by atoms with Crippen molar-refractivity contribution < 1.29 is 9.53 Å². The topological polar surface area (TPSA) is 32.8 Å². The quantitative estimate of drug-likeness (QED) is 0.408. The zero-order valence-electron chi connectivity index (χ0n) is 21.7. The number of esters is 1. The summed E-state index contributed by atoms with van der Waals surface area (Å²) in [5, 5.41) is 0. The molecule has 0 spiro atoms. The molecule has 0 amide bonds. The van der Waals surface area contributed by atoms with Crippen molar-refractivity contribution in [1.29, 1.82) is 0 Å². The molecule has 0 unspecified atom stereocenters. The van der Waals surface area contributed by atoms with Crippen LogP contribution in [0.1, 0.15) is 50.4 Å². The molecule has 3 aromatic carbocycles. The van der Waals surface area contributed by atoms with Crippen LogP contribution in [0.4, 0.5) is 0 Å². The zero-order valence-corrected chi connectivity index (χ0v) is 21.7. The highest BCUT2D eigenvalue weighted by atomic mass is 16.6. The first-order valence-corrected chi connectivity index (χ1v) is 12.6. The molecule has 1 fully saturated rings. The number of ether oxygens (including phenoxy) is 1. The van der Waals surface area contributed by atoms with Gasteiger partial charge in [0.1, 0.15) is 5.60 Å². The lowest BCUT2D eigenvalue weighted by atomic mass is 9.93. The number of piperazine rings is 1. The van der Waals surface area contributed by atoms with Gasteiger partial charge in [-0.1, -0.05) is 78.9 Å². The van der Waals surface area contributed by atoms with Gasteiger partial charge in [-0.2, -0.15) is 0 Å². The monoisotopic (exact) mass is 470 g/mol. The minimum Gasteiger partial charge on any atom is -0.459 e. The van der Waals surface area contributed by atoms with E-state index in [9.17, 15) is 4.79 Å². The Labute approximate surface area is 210 Å². The van der Waals surface area contributed by atoms with E-state index in [2.05, 4.69) is 103 Å². The lowest BCUT2D eigenvalue weighted by Gasteiger charge is -2.43. The van der Waals surface area contributed by atoms with Crippen molar-refractivity contribution in [3.05, 3.63) is 95.6 Å². The smallest absolute Gasteiger partial charge is 0.320 e. The molecule has 2 atom stereocenters. The lowest BCUT2D eigenvalue weighted by molar-refractivity contribution is -0.157. The fourth-order valence-corrected chi connectivity index (χ4v) is 5.02. The van der Waals surface area contributed by atoms with Gasteiger partial charge >= 0.3 is 5.97 Å². The fraction of sp³-hybridized carbons (Fsp3) is 0.387. The molecule has 1 heterocycles. The second-order valence-corrected chi connectivity index (χ2v) is 10.7. The summed E-state index contributed by atoms with van der Waals surface area (Å²) < 4.78 is 5.56. The van der Waals surface area contributed by atoms with Crippen molar-refractivity contribution in [1.82, 2.24) is 9.80 Å². The second kappa shape index (κ2) is 10.8. The molecular weight excluding hydrogens is 432 g/mol. The first-order chi connectivity index (χ1) is 16.7. The van der Waals surface area contributed by atoms with E-state index >= 15 is 0 Å². The first kappa shape index (κ1) is 25.2. The highest BCUT2D eigenvalue weighted by Gasteiger charge is 2.32. The Bertz CT molecular complexity index is 1120. The van der Waals surface area contributed by atoms with Crippen molar-refractivity contribution in [3.63, 3.8) is 0 Å². The lowest BCUT2D eigenvalue weighted by Crippen LogP contribution is -2.54. The molecular formula is C31H38N2O2. The van der Waals surface area contributed by atoms with Gasteiger partial charge in [0.05, 0.1) is 12.6 Å². The van der Waals surface area contributed by atoms with Crippen molar-refractivity contribution >= 4 is 5.97 Å². The van der Waals surface area contributed by atoms with Crippen LogP contribution >= 0.6 is 0 Å². The third kappa shape index (κ3) is 6.39. The third-order valence-electron chi connectivity index (χ3n) is 6.71. The van der Waals surface area contributed by atoms with E-state index in [0.29, 0.717) is 6.54 Å². The molecule has 0 aromatic heterocycles. The predicted octanol–water partition coefficient (Wildman–Crippen LogP) is 6.10. The highest BCUT2D eigenvalue weighted by Crippen LogP contribution is 2.33. The van der Waals surface area contributed by atoms with Gasteiger partial charge in [0.2, 0.25) is 0 Å². The molecule has 4 heteroatoms. The second-order valence-electron chi connectivity index (χ2n) is 10.7. The summed E-state index contributed by atoms with van der Waals surface area (Å²) in [5.74, 6) is -0.149. The summed E-state index contributed by atoms with van der Waals surface area (Å²) >= 11 is 0. The molecule has 0 saturated carbocycles. The summed E-state index contributed by atoms with van der Waals surface area (Å²) in [6, 6.07) is 28.8. The standard InChI is InChI=1S/C31H38N2O2/c1-23-11-9-10-14-28(23)25-15-17-27(18-16-25)30(26-12-7-6-8-13-26)33-20-19-32(24(2)21-33)22-29(34)35-31(3,4)5/h6-18,24,30H,19-22H2,1-5H3/t24-,30-/m1/s1. The van der Waals surface area contributed by atoms with Crippen LogP contribution in [0, 0.1) is 6.92 Å². The maximum Gasteiger partial charge on any atom is 0.320 e. The minimum atomic E-state index is -0.453. The molecule has 0 radical (unpaired) electrons. The Morgan fingerprint density at radius 2 is 1.54 bits per heavy atom. The van der Waals surface area contributed by atoms with Gasteiger partial charge in [0.15, 0.2) is 0 Å². The van der Waals surface area contributed by atoms with Crippen LogP contribution in [0.5, 0.6) is 0 Å². The van der Waals surface area contributed by atoms with Crippen molar-refractivity contribution in [2.75, 3.05) is 26.2 Å². The Balaban J connectivity index is 1.54. The molecule has 1 aliphatic rings. The van der Waals surface area contributed by atoms with E-state index in [4.69, 9.17) is 4.74 Å². The molecule has 0 bridgehead atoms. The van der Waals surface area contributed by atoms with Crippen molar-refractivity contribution in [2.24, 2.45) is 0 Å². The SMILES string of the molecule is Cc1ccccc1-c1ccc([C@@H](c2ccccc2)N2CCN(CC(=O)OC(C)(C)C)[C@H](C)C2)cc1. The van der Waals surface area contributed by atoms with Crippen LogP contribution in [0.3, 0.4) is 0 Å². The number of hydrogen-bond acceptors (Lipinski definition) is 4. The number of carbonyl (C=O) groups excluding carboxylic acids is 1. The van der Waals surface area contributed by atoms with Gasteiger partial charge in [-0.25, -0.2) is 0 Å². The van der Waals surface area contributed by atoms with Crippen LogP contribution in [0.15, 0.2) is 78.9 Å². The number of benzene rings is 3. The molecule has 0 N–H and O–H groups in total. The van der Waals surface area contributed by atoms with Gasteiger partial charge < -0.3 is 4.74 Å². The molecule has 35 heavy (non-hydrogen) atoms.